The van der Waals surface area contributed by atoms with Gasteiger partial charge in [-0.2, -0.15) is 4.39 Å². The van der Waals surface area contributed by atoms with Crippen LogP contribution in [0.3, 0.4) is 0 Å². The van der Waals surface area contributed by atoms with E-state index in [0.29, 0.717) is 28.5 Å². The fraction of sp³-hybridized carbons (Fsp3) is 0.105. The van der Waals surface area contributed by atoms with E-state index in [1.54, 1.807) is 13.0 Å². The number of aliphatic hydroxyl groups excluding tert-OH is 1. The Balaban J connectivity index is 0.000000177. The largest absolute Gasteiger partial charge is 0.506 e. The number of benzene rings is 4. The van der Waals surface area contributed by atoms with Gasteiger partial charge in [-0.05, 0) is 26.0 Å². The molecular weight excluding hydrogens is 786 g/mol. The van der Waals surface area contributed by atoms with Crippen LogP contribution in [-0.2, 0) is 14.3 Å². The van der Waals surface area contributed by atoms with E-state index in [1.165, 1.54) is 42.3 Å². The van der Waals surface area contributed by atoms with E-state index < -0.39 is 74.9 Å². The number of aliphatic imine (C=N–C) groups is 1. The summed E-state index contributed by atoms with van der Waals surface area (Å²) >= 11 is 0. The van der Waals surface area contributed by atoms with Crippen LogP contribution >= 0.6 is 0 Å². The number of hydrogen-bond donors (Lipinski definition) is 2. The van der Waals surface area contributed by atoms with Crippen LogP contribution in [0.5, 0.6) is 17.2 Å². The van der Waals surface area contributed by atoms with Gasteiger partial charge < -0.3 is 37.8 Å². The van der Waals surface area contributed by atoms with Crippen molar-refractivity contribution in [2.75, 3.05) is 13.2 Å². The molecule has 0 radical (unpaired) electrons. The van der Waals surface area contributed by atoms with Gasteiger partial charge in [-0.25, -0.2) is 41.5 Å². The Labute approximate surface area is 318 Å². The fourth-order valence-corrected chi connectivity index (χ4v) is 5.72. The van der Waals surface area contributed by atoms with E-state index in [4.69, 9.17) is 23.0 Å². The predicted molar refractivity (Wildman–Crippen MR) is 189 cm³/mol. The summed E-state index contributed by atoms with van der Waals surface area (Å²) in [6.45, 7) is 2.92. The molecule has 0 saturated carbocycles. The third kappa shape index (κ3) is 6.69. The fourth-order valence-electron chi connectivity index (χ4n) is 5.72. The summed E-state index contributed by atoms with van der Waals surface area (Å²) in [5.74, 6) is -14.5. The van der Waals surface area contributed by atoms with Crippen LogP contribution in [0.15, 0.2) is 79.6 Å². The molecule has 8 rings (SSSR count). The first kappa shape index (κ1) is 38.6. The maximum absolute atomic E-state index is 14.5. The third-order valence-electron chi connectivity index (χ3n) is 8.39. The molecule has 0 aliphatic carbocycles. The summed E-state index contributed by atoms with van der Waals surface area (Å²) in [7, 11) is 0. The molecular formula is C38H22F6N4O10. The lowest BCUT2D eigenvalue weighted by Gasteiger charge is -2.24. The monoisotopic (exact) mass is 808 g/mol. The number of rotatable bonds is 7. The second kappa shape index (κ2) is 15.1. The van der Waals surface area contributed by atoms with Crippen molar-refractivity contribution >= 4 is 62.7 Å². The van der Waals surface area contributed by atoms with Crippen LogP contribution in [0.1, 0.15) is 29.8 Å². The number of phenols is 1. The Hall–Kier alpha value is -7.64. The van der Waals surface area contributed by atoms with Gasteiger partial charge in [0.05, 0.1) is 29.9 Å². The van der Waals surface area contributed by atoms with Gasteiger partial charge in [0, 0.05) is 36.7 Å². The molecule has 0 amide bonds. The van der Waals surface area contributed by atoms with Crippen LogP contribution in [-0.4, -0.2) is 56.1 Å². The molecule has 7 aromatic rings. The van der Waals surface area contributed by atoms with Crippen LogP contribution < -0.4 is 10.2 Å². The number of aliphatic hydroxyl groups is 1. The van der Waals surface area contributed by atoms with E-state index in [9.17, 15) is 50.9 Å². The highest BCUT2D eigenvalue weighted by molar-refractivity contribution is 6.15. The van der Waals surface area contributed by atoms with Crippen LogP contribution in [0.2, 0.25) is 0 Å². The average molecular weight is 809 g/mol. The van der Waals surface area contributed by atoms with Gasteiger partial charge in [0.25, 0.3) is 0 Å². The molecule has 0 fully saturated rings. The molecule has 58 heavy (non-hydrogen) atoms. The van der Waals surface area contributed by atoms with Crippen molar-refractivity contribution < 1.29 is 69.2 Å². The molecule has 4 aromatic carbocycles. The molecule has 1 aliphatic heterocycles. The predicted octanol–water partition coefficient (Wildman–Crippen LogP) is 8.02. The standard InChI is InChI=1S/C19H12F4N2O5.C19H10F2N2O5/c1-2-29-19(28)9(18(27)8-3-10(20)16(22)17(23)15(8)21)6-24-11-5-14-12(4-13(11)26)25-7-30-14;1-2-26-19(25)9-6-23-12-5-13-11(22-7-27-13)4-14(12)28-18-15(21)10(20)3-8(16(18)23)17(9)24/h3-7,26-27H,2H2,1H3;3-7H,2H2,1H3. The molecule has 0 spiro atoms. The number of pyridine rings is 1. The average Bonchev–Trinajstić information content (AvgIpc) is 3.86. The molecule has 2 N–H and O–H groups in total. The molecule has 3 aromatic heterocycles. The zero-order valence-electron chi connectivity index (χ0n) is 29.4. The number of fused-ring (bicyclic) bond motifs is 4. The van der Waals surface area contributed by atoms with Gasteiger partial charge in [-0.15, -0.1) is 0 Å². The highest BCUT2D eigenvalue weighted by atomic mass is 19.2. The molecule has 0 unspecified atom stereocenters. The molecule has 0 saturated heterocycles. The SMILES string of the molecule is CCOC(=O)C(C=Nc1cc2ocnc2cc1O)=C(O)c1cc(F)c(F)c(F)c1F.CCOC(=O)c1cn2c3c(c(F)c(F)cc3c1=O)Oc1cc3ncoc3cc1-2. The number of carbonyl (C=O) groups is 2. The number of hydrogen-bond acceptors (Lipinski definition) is 13. The van der Waals surface area contributed by atoms with Crippen LogP contribution in [0.4, 0.5) is 32.0 Å². The topological polar surface area (TPSA) is 189 Å². The number of carbonyl (C=O) groups excluding carboxylic acids is 2. The van der Waals surface area contributed by atoms with Gasteiger partial charge in [-0.3, -0.25) is 9.79 Å². The Morgan fingerprint density at radius 2 is 1.48 bits per heavy atom. The van der Waals surface area contributed by atoms with Crippen LogP contribution in [0, 0.1) is 34.9 Å². The number of halogens is 6. The van der Waals surface area contributed by atoms with Crippen molar-refractivity contribution in [3.8, 4) is 22.9 Å². The molecule has 1 aliphatic rings. The summed E-state index contributed by atoms with van der Waals surface area (Å²) in [5, 5.41) is 20.1. The number of ether oxygens (including phenoxy) is 3. The Morgan fingerprint density at radius 3 is 2.17 bits per heavy atom. The van der Waals surface area contributed by atoms with Crippen LogP contribution in [0.25, 0.3) is 44.5 Å². The number of phenolic OH excluding ortho intramolecular Hbond substituents is 1. The summed E-state index contributed by atoms with van der Waals surface area (Å²) < 4.78 is 110. The Kier molecular flexibility index (Phi) is 10.1. The molecule has 296 valence electrons. The van der Waals surface area contributed by atoms with E-state index in [2.05, 4.69) is 15.0 Å². The van der Waals surface area contributed by atoms with E-state index in [1.807, 2.05) is 0 Å². The number of nitrogens with zero attached hydrogens (tertiary/aromatic N) is 4. The van der Waals surface area contributed by atoms with Gasteiger partial charge >= 0.3 is 11.9 Å². The van der Waals surface area contributed by atoms with E-state index >= 15 is 0 Å². The highest BCUT2D eigenvalue weighted by Gasteiger charge is 2.30. The van der Waals surface area contributed by atoms with E-state index in [0.717, 1.165) is 12.5 Å². The molecule has 0 atom stereocenters. The molecule has 20 heteroatoms. The summed E-state index contributed by atoms with van der Waals surface area (Å²) in [6, 6.07) is 6.46. The zero-order chi connectivity index (χ0) is 41.6. The third-order valence-corrected chi connectivity index (χ3v) is 8.39. The maximum Gasteiger partial charge on any atom is 0.343 e. The maximum atomic E-state index is 14.5. The Bertz CT molecular complexity index is 2970. The normalized spacial score (nSPS) is 12.3. The van der Waals surface area contributed by atoms with Gasteiger partial charge in [0.15, 0.2) is 64.5 Å². The minimum absolute atomic E-state index is 0.00307. The summed E-state index contributed by atoms with van der Waals surface area (Å²) in [4.78, 5) is 48.8. The lowest BCUT2D eigenvalue weighted by molar-refractivity contribution is -0.137. The van der Waals surface area contributed by atoms with Gasteiger partial charge in [-0.1, -0.05) is 0 Å². The highest BCUT2D eigenvalue weighted by Crippen LogP contribution is 2.43. The van der Waals surface area contributed by atoms with Gasteiger partial charge in [0.1, 0.15) is 44.9 Å². The molecule has 4 heterocycles. The number of aromatic nitrogens is 3. The Morgan fingerprint density at radius 1 is 0.828 bits per heavy atom. The molecule has 0 bridgehead atoms. The zero-order valence-corrected chi connectivity index (χ0v) is 29.4. The number of aromatic hydroxyl groups is 1. The first-order valence-electron chi connectivity index (χ1n) is 16.6. The molecule has 14 nitrogen and oxygen atoms in total. The summed E-state index contributed by atoms with van der Waals surface area (Å²) in [5.41, 5.74) is -1.37. The second-order valence-electron chi connectivity index (χ2n) is 11.9. The van der Waals surface area contributed by atoms with Crippen molar-refractivity contribution in [1.82, 2.24) is 14.5 Å². The van der Waals surface area contributed by atoms with Crippen molar-refractivity contribution in [2.24, 2.45) is 4.99 Å². The lowest BCUT2D eigenvalue weighted by atomic mass is 10.1. The minimum Gasteiger partial charge on any atom is -0.506 e. The lowest BCUT2D eigenvalue weighted by Crippen LogP contribution is -2.22. The van der Waals surface area contributed by atoms with Crippen molar-refractivity contribution in [1.29, 1.82) is 0 Å². The summed E-state index contributed by atoms with van der Waals surface area (Å²) in [6.07, 6.45) is 4.26. The van der Waals surface area contributed by atoms with Crippen molar-refractivity contribution in [3.63, 3.8) is 0 Å². The van der Waals surface area contributed by atoms with Crippen molar-refractivity contribution in [3.05, 3.63) is 117 Å². The quantitative estimate of drug-likeness (QED) is 0.0301. The van der Waals surface area contributed by atoms with E-state index in [-0.39, 0.29) is 58.5 Å². The number of oxazole rings is 2. The number of esters is 2. The minimum atomic E-state index is -2.18. The van der Waals surface area contributed by atoms with Gasteiger partial charge in [0.2, 0.25) is 11.2 Å². The second-order valence-corrected chi connectivity index (χ2v) is 11.9. The van der Waals surface area contributed by atoms with Crippen molar-refractivity contribution in [2.45, 2.75) is 13.8 Å². The first-order chi connectivity index (χ1) is 27.7. The first-order valence-corrected chi connectivity index (χ1v) is 16.6. The smallest absolute Gasteiger partial charge is 0.343 e.